The second-order valence-corrected chi connectivity index (χ2v) is 7.99. The monoisotopic (exact) mass is 422 g/mol. The van der Waals surface area contributed by atoms with Crippen LogP contribution in [0.1, 0.15) is 12.5 Å². The molecule has 0 fully saturated rings. The minimum atomic E-state index is -0.833. The van der Waals surface area contributed by atoms with E-state index in [-0.39, 0.29) is 17.7 Å². The van der Waals surface area contributed by atoms with Crippen molar-refractivity contribution >= 4 is 60.4 Å². The molecule has 2 N–H and O–H groups in total. The molecule has 1 aliphatic rings. The number of aliphatic imine (C=N–C) groups is 1. The first-order chi connectivity index (χ1) is 14.9. The molecule has 4 rings (SSSR count). The second kappa shape index (κ2) is 10.7. The summed E-state index contributed by atoms with van der Waals surface area (Å²) in [6, 6.07) is 26.3. The summed E-state index contributed by atoms with van der Waals surface area (Å²) in [5.74, 6) is -1.01. The molecule has 7 heteroatoms. The zero-order valence-corrected chi connectivity index (χ0v) is 19.2. The van der Waals surface area contributed by atoms with Crippen molar-refractivity contribution in [2.45, 2.75) is 6.92 Å². The molecular formula is C24H19N2NaO4. The fourth-order valence-electron chi connectivity index (χ4n) is 2.78. The standard InChI is InChI=1S/C22H15N2O2.C2H4O2.Na/c25-21-20(26-22(24-21)23-19-9-5-2-6-10-19)15-16-11-13-18(14-12-16)17-7-3-1-4-8-17;1-2(3)4;/h1,3-15H,(H,23,24,25);1H3,(H,3,4);. The minimum absolute atomic E-state index is 0.202. The average molecular weight is 422 g/mol. The van der Waals surface area contributed by atoms with Gasteiger partial charge in [-0.3, -0.25) is 4.79 Å². The fourth-order valence-corrected chi connectivity index (χ4v) is 3.11. The van der Waals surface area contributed by atoms with E-state index in [0.717, 1.165) is 57.2 Å². The maximum absolute atomic E-state index is 12.1. The quantitative estimate of drug-likeness (QED) is 0.497. The number of nitrogens with zero attached hydrogens (tertiary/aromatic N) is 1. The molecule has 6 nitrogen and oxygen atoms in total. The summed E-state index contributed by atoms with van der Waals surface area (Å²) in [6.45, 7) is 1.08. The number of amides is 1. The zero-order chi connectivity index (χ0) is 22.2. The Hall–Kier alpha value is -3.19. The van der Waals surface area contributed by atoms with Crippen LogP contribution in [0.25, 0.3) is 17.2 Å². The van der Waals surface area contributed by atoms with Crippen molar-refractivity contribution in [2.75, 3.05) is 5.32 Å². The Morgan fingerprint density at radius 2 is 1.55 bits per heavy atom. The Morgan fingerprint density at radius 1 is 0.968 bits per heavy atom. The van der Waals surface area contributed by atoms with Gasteiger partial charge in [-0.2, -0.15) is 0 Å². The number of rotatable bonds is 3. The van der Waals surface area contributed by atoms with Gasteiger partial charge in [0.05, 0.1) is 0 Å². The van der Waals surface area contributed by atoms with Crippen LogP contribution in [-0.2, 0) is 14.3 Å². The number of amidine groups is 1. The van der Waals surface area contributed by atoms with Crippen molar-refractivity contribution in [3.05, 3.63) is 90.2 Å². The number of ether oxygens (including phenoxy) is 1. The van der Waals surface area contributed by atoms with Gasteiger partial charge in [-0.05, 0) is 11.1 Å². The number of aliphatic carboxylic acids is 1. The van der Waals surface area contributed by atoms with Crippen molar-refractivity contribution in [1.82, 2.24) is 0 Å². The molecule has 0 atom stereocenters. The third-order valence-electron chi connectivity index (χ3n) is 4.24. The van der Waals surface area contributed by atoms with Crippen LogP contribution in [0.5, 0.6) is 0 Å². The normalized spacial score (nSPS) is 13.7. The van der Waals surface area contributed by atoms with Gasteiger partial charge in [-0.25, -0.2) is 0 Å². The van der Waals surface area contributed by atoms with Crippen molar-refractivity contribution in [2.24, 2.45) is 4.99 Å². The maximum atomic E-state index is 12.1. The first-order valence-corrected chi connectivity index (χ1v) is 10.6. The SMILES string of the molecule is CC(=O)O.O=C1N=C(Nc2cc[c]([Na])cc2)OC1=Cc1ccc(-c2ccccc2)cc1. The van der Waals surface area contributed by atoms with Crippen LogP contribution < -0.4 is 8.13 Å². The summed E-state index contributed by atoms with van der Waals surface area (Å²) < 4.78 is 6.88. The topological polar surface area (TPSA) is 88.0 Å². The number of carboxylic acids is 1. The van der Waals surface area contributed by atoms with E-state index in [4.69, 9.17) is 14.6 Å². The van der Waals surface area contributed by atoms with Gasteiger partial charge in [0.25, 0.3) is 5.97 Å². The molecule has 1 amide bonds. The summed E-state index contributed by atoms with van der Waals surface area (Å²) in [5, 5.41) is 10.4. The van der Waals surface area contributed by atoms with Gasteiger partial charge in [-0.15, -0.1) is 0 Å². The van der Waals surface area contributed by atoms with Gasteiger partial charge in [0, 0.05) is 6.92 Å². The average Bonchev–Trinajstić information content (AvgIpc) is 3.09. The van der Waals surface area contributed by atoms with Crippen LogP contribution in [0, 0.1) is 0 Å². The third kappa shape index (κ3) is 6.93. The van der Waals surface area contributed by atoms with Crippen LogP contribution in [0.4, 0.5) is 5.69 Å². The van der Waals surface area contributed by atoms with E-state index < -0.39 is 5.97 Å². The molecule has 0 radical (unpaired) electrons. The Balaban J connectivity index is 0.000000628. The number of benzene rings is 3. The predicted molar refractivity (Wildman–Crippen MR) is 122 cm³/mol. The molecule has 0 bridgehead atoms. The predicted octanol–water partition coefficient (Wildman–Crippen LogP) is 3.60. The van der Waals surface area contributed by atoms with Gasteiger partial charge < -0.3 is 5.11 Å². The van der Waals surface area contributed by atoms with E-state index >= 15 is 0 Å². The van der Waals surface area contributed by atoms with Crippen LogP contribution >= 0.6 is 0 Å². The van der Waals surface area contributed by atoms with Crippen molar-refractivity contribution in [3.63, 3.8) is 0 Å². The molecule has 1 aliphatic heterocycles. The first kappa shape index (κ1) is 22.5. The summed E-state index contributed by atoms with van der Waals surface area (Å²) in [7, 11) is 0. The molecule has 0 spiro atoms. The fraction of sp³-hybridized carbons (Fsp3) is 0.0417. The molecule has 0 saturated heterocycles. The molecule has 3 aromatic rings. The van der Waals surface area contributed by atoms with Crippen molar-refractivity contribution in [3.8, 4) is 11.1 Å². The first-order valence-electron chi connectivity index (χ1n) is 9.62. The van der Waals surface area contributed by atoms with Crippen LogP contribution in [0.3, 0.4) is 0 Å². The number of nitrogens with one attached hydrogen (secondary N) is 1. The van der Waals surface area contributed by atoms with E-state index in [1.807, 2.05) is 66.7 Å². The number of carboxylic acid groups (broad SMARTS) is 1. The number of hydrogen-bond donors (Lipinski definition) is 2. The summed E-state index contributed by atoms with van der Waals surface area (Å²) >= 11 is 1.00. The molecule has 31 heavy (non-hydrogen) atoms. The Bertz CT molecular complexity index is 1120. The molecular weight excluding hydrogens is 403 g/mol. The van der Waals surface area contributed by atoms with E-state index in [9.17, 15) is 4.79 Å². The molecule has 1 heterocycles. The van der Waals surface area contributed by atoms with Crippen LogP contribution in [0.15, 0.2) is 89.6 Å². The van der Waals surface area contributed by atoms with Crippen molar-refractivity contribution in [1.29, 1.82) is 0 Å². The summed E-state index contributed by atoms with van der Waals surface area (Å²) in [4.78, 5) is 25.0. The molecule has 150 valence electrons. The molecule has 0 saturated carbocycles. The number of carbonyl (C=O) groups excluding carboxylic acids is 1. The van der Waals surface area contributed by atoms with Gasteiger partial charge in [-0.1, -0.05) is 30.3 Å². The number of hydrogen-bond acceptors (Lipinski definition) is 4. The third-order valence-corrected chi connectivity index (χ3v) is 4.91. The van der Waals surface area contributed by atoms with Crippen molar-refractivity contribution < 1.29 is 19.4 Å². The van der Waals surface area contributed by atoms with E-state index in [0.29, 0.717) is 0 Å². The number of carbonyl (C=O) groups is 2. The molecule has 0 aliphatic carbocycles. The second-order valence-electron chi connectivity index (χ2n) is 6.83. The Labute approximate surface area is 197 Å². The zero-order valence-electron chi connectivity index (χ0n) is 17.2. The molecule has 0 aromatic heterocycles. The van der Waals surface area contributed by atoms with Gasteiger partial charge in [0.1, 0.15) is 0 Å². The summed E-state index contributed by atoms with van der Waals surface area (Å²) in [5.41, 5.74) is 4.00. The van der Waals surface area contributed by atoms with E-state index in [1.165, 1.54) is 2.81 Å². The van der Waals surface area contributed by atoms with E-state index in [1.54, 1.807) is 6.08 Å². The molecule has 3 aromatic carbocycles. The summed E-state index contributed by atoms with van der Waals surface area (Å²) in [6.07, 6.45) is 1.70. The van der Waals surface area contributed by atoms with Crippen LogP contribution in [-0.4, -0.2) is 50.9 Å². The van der Waals surface area contributed by atoms with Crippen LogP contribution in [0.2, 0.25) is 0 Å². The Kier molecular flexibility index (Phi) is 7.78. The van der Waals surface area contributed by atoms with Gasteiger partial charge >= 0.3 is 134 Å². The number of anilines is 1. The van der Waals surface area contributed by atoms with Gasteiger partial charge in [0.15, 0.2) is 0 Å². The molecule has 0 unspecified atom stereocenters. The Morgan fingerprint density at radius 3 is 2.16 bits per heavy atom. The van der Waals surface area contributed by atoms with Gasteiger partial charge in [0.2, 0.25) is 0 Å². The van der Waals surface area contributed by atoms with E-state index in [2.05, 4.69) is 22.4 Å².